The molecule has 0 saturated heterocycles. The van der Waals surface area contributed by atoms with Gasteiger partial charge in [0.2, 0.25) is 0 Å². The van der Waals surface area contributed by atoms with Gasteiger partial charge in [0.05, 0.1) is 19.8 Å². The van der Waals surface area contributed by atoms with Crippen molar-refractivity contribution < 1.29 is 23.8 Å². The summed E-state index contributed by atoms with van der Waals surface area (Å²) in [5, 5.41) is 2.97. The van der Waals surface area contributed by atoms with Crippen molar-refractivity contribution in [1.82, 2.24) is 5.32 Å². The van der Waals surface area contributed by atoms with Gasteiger partial charge in [0, 0.05) is 11.6 Å². The molecule has 1 aromatic rings. The number of nitrogens with one attached hydrogen (secondary N) is 1. The van der Waals surface area contributed by atoms with Crippen LogP contribution in [0.25, 0.3) is 0 Å². The van der Waals surface area contributed by atoms with Gasteiger partial charge in [-0.05, 0) is 38.3 Å². The van der Waals surface area contributed by atoms with Crippen molar-refractivity contribution in [3.8, 4) is 11.5 Å². The van der Waals surface area contributed by atoms with Crippen LogP contribution in [0.15, 0.2) is 24.8 Å². The standard InChI is InChI=1S/C21H29NO5/c1-5-9-15-12-16(13-18(25-3)19(15)26-4)21(24)27-14(2)20(23)22-17-10-7-6-8-11-17/h5,12-14,17H,1,6-11H2,2-4H3,(H,22,23). The number of rotatable bonds is 8. The van der Waals surface area contributed by atoms with Crippen LogP contribution >= 0.6 is 0 Å². The number of benzene rings is 1. The van der Waals surface area contributed by atoms with Crippen LogP contribution in [0.2, 0.25) is 0 Å². The molecule has 0 bridgehead atoms. The first-order valence-corrected chi connectivity index (χ1v) is 9.37. The molecule has 1 aliphatic carbocycles. The van der Waals surface area contributed by atoms with Gasteiger partial charge in [-0.3, -0.25) is 4.79 Å². The molecule has 0 radical (unpaired) electrons. The predicted octanol–water partition coefficient (Wildman–Crippen LogP) is 3.43. The van der Waals surface area contributed by atoms with Crippen LogP contribution < -0.4 is 14.8 Å². The van der Waals surface area contributed by atoms with E-state index in [0.717, 1.165) is 31.2 Å². The van der Waals surface area contributed by atoms with Gasteiger partial charge in [-0.15, -0.1) is 6.58 Å². The SMILES string of the molecule is C=CCc1cc(C(=O)OC(C)C(=O)NC2CCCCC2)cc(OC)c1OC. The highest BCUT2D eigenvalue weighted by Crippen LogP contribution is 2.33. The lowest BCUT2D eigenvalue weighted by Gasteiger charge is -2.24. The third-order valence-corrected chi connectivity index (χ3v) is 4.76. The Kier molecular flexibility index (Phi) is 7.70. The Morgan fingerprint density at radius 1 is 1.22 bits per heavy atom. The number of ether oxygens (including phenoxy) is 3. The highest BCUT2D eigenvalue weighted by molar-refractivity contribution is 5.93. The molecule has 1 aliphatic rings. The summed E-state index contributed by atoms with van der Waals surface area (Å²) in [7, 11) is 3.05. The number of hydrogen-bond acceptors (Lipinski definition) is 5. The molecule has 0 aliphatic heterocycles. The molecule has 1 saturated carbocycles. The third kappa shape index (κ3) is 5.49. The van der Waals surface area contributed by atoms with E-state index in [-0.39, 0.29) is 11.9 Å². The highest BCUT2D eigenvalue weighted by Gasteiger charge is 2.24. The molecule has 148 valence electrons. The van der Waals surface area contributed by atoms with Crippen LogP contribution in [0.1, 0.15) is 54.9 Å². The van der Waals surface area contributed by atoms with Gasteiger partial charge < -0.3 is 19.5 Å². The molecule has 1 aromatic carbocycles. The summed E-state index contributed by atoms with van der Waals surface area (Å²) < 4.78 is 16.1. The number of amides is 1. The summed E-state index contributed by atoms with van der Waals surface area (Å²) in [5.74, 6) is 0.148. The van der Waals surface area contributed by atoms with E-state index in [2.05, 4.69) is 11.9 Å². The van der Waals surface area contributed by atoms with E-state index in [4.69, 9.17) is 14.2 Å². The minimum absolute atomic E-state index is 0.174. The van der Waals surface area contributed by atoms with Gasteiger partial charge in [-0.1, -0.05) is 25.3 Å². The fourth-order valence-corrected chi connectivity index (χ4v) is 3.32. The molecule has 1 fully saturated rings. The van der Waals surface area contributed by atoms with Crippen molar-refractivity contribution in [1.29, 1.82) is 0 Å². The largest absolute Gasteiger partial charge is 0.493 e. The summed E-state index contributed by atoms with van der Waals surface area (Å²) >= 11 is 0. The summed E-state index contributed by atoms with van der Waals surface area (Å²) in [5.41, 5.74) is 1.07. The van der Waals surface area contributed by atoms with Crippen LogP contribution in [0.3, 0.4) is 0 Å². The Hall–Kier alpha value is -2.50. The van der Waals surface area contributed by atoms with Crippen LogP contribution in [0.4, 0.5) is 0 Å². The molecule has 1 N–H and O–H groups in total. The van der Waals surface area contributed by atoms with Crippen LogP contribution in [-0.4, -0.2) is 38.2 Å². The first kappa shape index (κ1) is 20.8. The zero-order valence-electron chi connectivity index (χ0n) is 16.4. The fraction of sp³-hybridized carbons (Fsp3) is 0.524. The molecule has 1 amide bonds. The number of hydrogen-bond donors (Lipinski definition) is 1. The number of esters is 1. The van der Waals surface area contributed by atoms with Crippen molar-refractivity contribution in [3.63, 3.8) is 0 Å². The van der Waals surface area contributed by atoms with Crippen molar-refractivity contribution in [2.45, 2.75) is 57.6 Å². The molecule has 6 heteroatoms. The summed E-state index contributed by atoms with van der Waals surface area (Å²) in [6.45, 7) is 5.31. The average Bonchev–Trinajstić information content (AvgIpc) is 2.68. The second-order valence-electron chi connectivity index (χ2n) is 6.75. The second kappa shape index (κ2) is 10.00. The van der Waals surface area contributed by atoms with Crippen LogP contribution in [0, 0.1) is 0 Å². The van der Waals surface area contributed by atoms with Crippen LogP contribution in [-0.2, 0) is 16.0 Å². The van der Waals surface area contributed by atoms with Gasteiger partial charge in [0.25, 0.3) is 5.91 Å². The van der Waals surface area contributed by atoms with E-state index in [1.54, 1.807) is 32.2 Å². The summed E-state index contributed by atoms with van der Waals surface area (Å²) in [6.07, 6.45) is 6.78. The molecule has 2 rings (SSSR count). The number of carbonyl (C=O) groups is 2. The monoisotopic (exact) mass is 375 g/mol. The van der Waals surface area contributed by atoms with E-state index in [9.17, 15) is 9.59 Å². The predicted molar refractivity (Wildman–Crippen MR) is 103 cm³/mol. The zero-order chi connectivity index (χ0) is 19.8. The number of allylic oxidation sites excluding steroid dienone is 1. The summed E-state index contributed by atoms with van der Waals surface area (Å²) in [6, 6.07) is 3.41. The Morgan fingerprint density at radius 3 is 2.52 bits per heavy atom. The number of methoxy groups -OCH3 is 2. The van der Waals surface area contributed by atoms with Gasteiger partial charge in [0.1, 0.15) is 0 Å². The van der Waals surface area contributed by atoms with Crippen LogP contribution in [0.5, 0.6) is 11.5 Å². The van der Waals surface area contributed by atoms with Crippen molar-refractivity contribution in [3.05, 3.63) is 35.9 Å². The number of carbonyl (C=O) groups excluding carboxylic acids is 2. The van der Waals surface area contributed by atoms with Gasteiger partial charge >= 0.3 is 5.97 Å². The van der Waals surface area contributed by atoms with Gasteiger partial charge in [0.15, 0.2) is 17.6 Å². The van der Waals surface area contributed by atoms with E-state index in [1.165, 1.54) is 13.5 Å². The van der Waals surface area contributed by atoms with Crippen molar-refractivity contribution in [2.75, 3.05) is 14.2 Å². The van der Waals surface area contributed by atoms with Crippen molar-refractivity contribution in [2.24, 2.45) is 0 Å². The summed E-state index contributed by atoms with van der Waals surface area (Å²) in [4.78, 5) is 24.9. The highest BCUT2D eigenvalue weighted by atomic mass is 16.5. The molecular weight excluding hydrogens is 346 g/mol. The first-order valence-electron chi connectivity index (χ1n) is 9.37. The maximum atomic E-state index is 12.6. The minimum Gasteiger partial charge on any atom is -0.493 e. The van der Waals surface area contributed by atoms with E-state index in [0.29, 0.717) is 23.5 Å². The molecule has 0 heterocycles. The molecule has 0 spiro atoms. The lowest BCUT2D eigenvalue weighted by atomic mass is 9.95. The van der Waals surface area contributed by atoms with Gasteiger partial charge in [-0.25, -0.2) is 4.79 Å². The average molecular weight is 375 g/mol. The smallest absolute Gasteiger partial charge is 0.339 e. The molecule has 1 unspecified atom stereocenters. The second-order valence-corrected chi connectivity index (χ2v) is 6.75. The zero-order valence-corrected chi connectivity index (χ0v) is 16.4. The molecule has 6 nitrogen and oxygen atoms in total. The maximum Gasteiger partial charge on any atom is 0.339 e. The normalized spacial score (nSPS) is 15.5. The van der Waals surface area contributed by atoms with E-state index in [1.807, 2.05) is 0 Å². The quantitative estimate of drug-likeness (QED) is 0.557. The third-order valence-electron chi connectivity index (χ3n) is 4.76. The first-order chi connectivity index (χ1) is 13.0. The van der Waals surface area contributed by atoms with E-state index < -0.39 is 12.1 Å². The fourth-order valence-electron chi connectivity index (χ4n) is 3.32. The van der Waals surface area contributed by atoms with E-state index >= 15 is 0 Å². The van der Waals surface area contributed by atoms with Gasteiger partial charge in [-0.2, -0.15) is 0 Å². The molecule has 1 atom stereocenters. The lowest BCUT2D eigenvalue weighted by Crippen LogP contribution is -2.42. The lowest BCUT2D eigenvalue weighted by molar-refractivity contribution is -0.130. The maximum absolute atomic E-state index is 12.6. The molecule has 0 aromatic heterocycles. The molecule has 27 heavy (non-hydrogen) atoms. The Bertz CT molecular complexity index is 679. The Balaban J connectivity index is 2.08. The Morgan fingerprint density at radius 2 is 1.93 bits per heavy atom. The van der Waals surface area contributed by atoms with Crippen molar-refractivity contribution >= 4 is 11.9 Å². The molecular formula is C21H29NO5. The Labute approximate surface area is 160 Å². The minimum atomic E-state index is -0.865. The topological polar surface area (TPSA) is 73.9 Å².